The lowest BCUT2D eigenvalue weighted by Crippen LogP contribution is -2.38. The quantitative estimate of drug-likeness (QED) is 0.665. The lowest BCUT2D eigenvalue weighted by atomic mass is 10.1. The topological polar surface area (TPSA) is 79.5 Å². The van der Waals surface area contributed by atoms with E-state index in [4.69, 9.17) is 4.74 Å². The molecule has 3 N–H and O–H groups in total. The molecule has 0 saturated heterocycles. The number of nitrogens with one attached hydrogen (secondary N) is 3. The highest BCUT2D eigenvalue weighted by atomic mass is 19.1. The van der Waals surface area contributed by atoms with Crippen LogP contribution in [0.5, 0.6) is 5.75 Å². The first-order chi connectivity index (χ1) is 12.9. The molecule has 2 amide bonds. The third-order valence-corrected chi connectivity index (χ3v) is 3.91. The van der Waals surface area contributed by atoms with Gasteiger partial charge in [0.15, 0.2) is 0 Å². The van der Waals surface area contributed by atoms with Crippen molar-refractivity contribution in [2.45, 2.75) is 26.3 Å². The number of methoxy groups -OCH3 is 1. The van der Waals surface area contributed by atoms with E-state index in [0.29, 0.717) is 30.1 Å². The van der Waals surface area contributed by atoms with Gasteiger partial charge in [0.05, 0.1) is 12.8 Å². The Balaban J connectivity index is 1.92. The molecule has 0 unspecified atom stereocenters. The third-order valence-electron chi connectivity index (χ3n) is 3.91. The first kappa shape index (κ1) is 20.2. The average Bonchev–Trinajstić information content (AvgIpc) is 2.63. The number of hydrogen-bond donors (Lipinski definition) is 3. The van der Waals surface area contributed by atoms with Gasteiger partial charge in [0.1, 0.15) is 17.6 Å². The first-order valence-electron chi connectivity index (χ1n) is 8.63. The Morgan fingerprint density at radius 1 is 1.15 bits per heavy atom. The molecule has 2 aromatic rings. The molecule has 7 heteroatoms. The summed E-state index contributed by atoms with van der Waals surface area (Å²) in [4.78, 5) is 23.5. The largest absolute Gasteiger partial charge is 0.495 e. The molecule has 2 rings (SSSR count). The van der Waals surface area contributed by atoms with Crippen LogP contribution in [0.15, 0.2) is 42.5 Å². The van der Waals surface area contributed by atoms with Crippen molar-refractivity contribution in [3.63, 3.8) is 0 Å². The van der Waals surface area contributed by atoms with Crippen LogP contribution < -0.4 is 20.7 Å². The Hall–Kier alpha value is -3.09. The summed E-state index contributed by atoms with van der Waals surface area (Å²) in [5, 5.41) is 8.63. The molecule has 0 radical (unpaired) electrons. The number of amides is 2. The fourth-order valence-corrected chi connectivity index (χ4v) is 2.53. The second-order valence-corrected chi connectivity index (χ2v) is 6.13. The van der Waals surface area contributed by atoms with E-state index in [-0.39, 0.29) is 17.6 Å². The lowest BCUT2D eigenvalue weighted by molar-refractivity contribution is -0.121. The monoisotopic (exact) mass is 373 g/mol. The van der Waals surface area contributed by atoms with Gasteiger partial charge in [-0.3, -0.25) is 9.59 Å². The summed E-state index contributed by atoms with van der Waals surface area (Å²) in [7, 11) is 1.53. The number of carbonyl (C=O) groups is 2. The van der Waals surface area contributed by atoms with Gasteiger partial charge in [0.2, 0.25) is 11.8 Å². The van der Waals surface area contributed by atoms with Crippen LogP contribution in [0.1, 0.15) is 19.4 Å². The molecule has 0 aromatic heterocycles. The third kappa shape index (κ3) is 6.29. The molecule has 144 valence electrons. The Labute approximate surface area is 158 Å². The highest BCUT2D eigenvalue weighted by Gasteiger charge is 2.15. The molecule has 0 aliphatic heterocycles. The minimum absolute atomic E-state index is 0.177. The van der Waals surface area contributed by atoms with E-state index in [1.54, 1.807) is 37.3 Å². The summed E-state index contributed by atoms with van der Waals surface area (Å²) in [5.41, 5.74) is 2.15. The van der Waals surface area contributed by atoms with Crippen LogP contribution in [0.25, 0.3) is 0 Å². The standard InChI is InChI=1S/C20H24FN3O3/c1-13(20(26)22-11-10-15-4-6-16(21)7-5-15)23-18-12-17(24-14(2)25)8-9-19(18)27-3/h4-9,12-13,23H,10-11H2,1-3H3,(H,22,26)(H,24,25)/t13-/m1/s1. The van der Waals surface area contributed by atoms with Crippen LogP contribution in [0.2, 0.25) is 0 Å². The summed E-state index contributed by atoms with van der Waals surface area (Å²) in [6.07, 6.45) is 0.611. The van der Waals surface area contributed by atoms with E-state index in [2.05, 4.69) is 16.0 Å². The molecule has 0 spiro atoms. The second kappa shape index (κ2) is 9.56. The summed E-state index contributed by atoms with van der Waals surface area (Å²) >= 11 is 0. The van der Waals surface area contributed by atoms with E-state index in [9.17, 15) is 14.0 Å². The number of carbonyl (C=O) groups excluding carboxylic acids is 2. The number of halogens is 1. The van der Waals surface area contributed by atoms with Crippen LogP contribution in [0, 0.1) is 5.82 Å². The van der Waals surface area contributed by atoms with Gasteiger partial charge in [-0.1, -0.05) is 12.1 Å². The minimum Gasteiger partial charge on any atom is -0.495 e. The molecule has 1 atom stereocenters. The molecule has 0 fully saturated rings. The van der Waals surface area contributed by atoms with Gasteiger partial charge < -0.3 is 20.7 Å². The fraction of sp³-hybridized carbons (Fsp3) is 0.300. The molecule has 6 nitrogen and oxygen atoms in total. The minimum atomic E-state index is -0.514. The van der Waals surface area contributed by atoms with E-state index in [1.165, 1.54) is 26.2 Å². The number of anilines is 2. The summed E-state index contributed by atoms with van der Waals surface area (Å²) in [6.45, 7) is 3.60. The van der Waals surface area contributed by atoms with Crippen molar-refractivity contribution in [1.82, 2.24) is 5.32 Å². The number of rotatable bonds is 8. The maximum atomic E-state index is 12.9. The van der Waals surface area contributed by atoms with Gasteiger partial charge in [-0.25, -0.2) is 4.39 Å². The lowest BCUT2D eigenvalue weighted by Gasteiger charge is -2.18. The second-order valence-electron chi connectivity index (χ2n) is 6.13. The highest BCUT2D eigenvalue weighted by molar-refractivity contribution is 5.90. The van der Waals surface area contributed by atoms with Gasteiger partial charge in [-0.05, 0) is 49.2 Å². The van der Waals surface area contributed by atoms with E-state index in [0.717, 1.165) is 5.56 Å². The SMILES string of the molecule is COc1ccc(NC(C)=O)cc1N[C@H](C)C(=O)NCCc1ccc(F)cc1. The van der Waals surface area contributed by atoms with Gasteiger partial charge in [-0.2, -0.15) is 0 Å². The number of ether oxygens (including phenoxy) is 1. The smallest absolute Gasteiger partial charge is 0.242 e. The van der Waals surface area contributed by atoms with Crippen LogP contribution >= 0.6 is 0 Å². The van der Waals surface area contributed by atoms with Crippen molar-refractivity contribution >= 4 is 23.2 Å². The maximum Gasteiger partial charge on any atom is 0.242 e. The molecule has 0 saturated carbocycles. The van der Waals surface area contributed by atoms with Crippen LogP contribution in [0.4, 0.5) is 15.8 Å². The maximum absolute atomic E-state index is 12.9. The molecular weight excluding hydrogens is 349 g/mol. The predicted octanol–water partition coefficient (Wildman–Crippen LogP) is 2.95. The zero-order valence-corrected chi connectivity index (χ0v) is 15.6. The van der Waals surface area contributed by atoms with Crippen LogP contribution in [-0.4, -0.2) is 31.5 Å². The predicted molar refractivity (Wildman–Crippen MR) is 103 cm³/mol. The Bertz CT molecular complexity index is 794. The Morgan fingerprint density at radius 3 is 2.48 bits per heavy atom. The molecule has 0 aliphatic carbocycles. The molecule has 0 aliphatic rings. The average molecular weight is 373 g/mol. The fourth-order valence-electron chi connectivity index (χ4n) is 2.53. The summed E-state index contributed by atoms with van der Waals surface area (Å²) in [6, 6.07) is 10.8. The van der Waals surface area contributed by atoms with Gasteiger partial charge in [-0.15, -0.1) is 0 Å². The van der Waals surface area contributed by atoms with Crippen molar-refractivity contribution in [2.24, 2.45) is 0 Å². The molecule has 2 aromatic carbocycles. The van der Waals surface area contributed by atoms with Crippen LogP contribution in [-0.2, 0) is 16.0 Å². The normalized spacial score (nSPS) is 11.4. The number of benzene rings is 2. The van der Waals surface area contributed by atoms with Gasteiger partial charge >= 0.3 is 0 Å². The molecule has 0 heterocycles. The van der Waals surface area contributed by atoms with Crippen molar-refractivity contribution in [3.8, 4) is 5.75 Å². The zero-order chi connectivity index (χ0) is 19.8. The summed E-state index contributed by atoms with van der Waals surface area (Å²) in [5.74, 6) is -0.0760. The van der Waals surface area contributed by atoms with Crippen molar-refractivity contribution in [1.29, 1.82) is 0 Å². The van der Waals surface area contributed by atoms with E-state index >= 15 is 0 Å². The molecule has 0 bridgehead atoms. The van der Waals surface area contributed by atoms with E-state index < -0.39 is 6.04 Å². The van der Waals surface area contributed by atoms with Crippen LogP contribution in [0.3, 0.4) is 0 Å². The molecular formula is C20H24FN3O3. The van der Waals surface area contributed by atoms with E-state index in [1.807, 2.05) is 0 Å². The molecule has 27 heavy (non-hydrogen) atoms. The Morgan fingerprint density at radius 2 is 1.85 bits per heavy atom. The van der Waals surface area contributed by atoms with Crippen molar-refractivity contribution in [2.75, 3.05) is 24.3 Å². The van der Waals surface area contributed by atoms with Gasteiger partial charge in [0, 0.05) is 19.2 Å². The Kier molecular flexibility index (Phi) is 7.16. The zero-order valence-electron chi connectivity index (χ0n) is 15.6. The summed E-state index contributed by atoms with van der Waals surface area (Å²) < 4.78 is 18.2. The van der Waals surface area contributed by atoms with Gasteiger partial charge in [0.25, 0.3) is 0 Å². The highest BCUT2D eigenvalue weighted by Crippen LogP contribution is 2.28. The first-order valence-corrected chi connectivity index (χ1v) is 8.63. The number of hydrogen-bond acceptors (Lipinski definition) is 4. The van der Waals surface area contributed by atoms with Crippen molar-refractivity contribution < 1.29 is 18.7 Å². The van der Waals surface area contributed by atoms with Crippen molar-refractivity contribution in [3.05, 3.63) is 53.8 Å².